The first-order valence-corrected chi connectivity index (χ1v) is 5.85. The van der Waals surface area contributed by atoms with E-state index in [9.17, 15) is 4.79 Å². The van der Waals surface area contributed by atoms with Crippen LogP contribution in [0.15, 0.2) is 24.3 Å². The van der Waals surface area contributed by atoms with E-state index in [1.807, 2.05) is 32.0 Å². The quantitative estimate of drug-likeness (QED) is 0.816. The Labute approximate surface area is 101 Å². The maximum Gasteiger partial charge on any atom is 0.338 e. The number of nitrogens with one attached hydrogen (secondary N) is 1. The van der Waals surface area contributed by atoms with E-state index in [1.165, 1.54) is 0 Å². The predicted octanol–water partition coefficient (Wildman–Crippen LogP) is 2.22. The number of hydrogen-bond acceptors (Lipinski definition) is 4. The molecule has 0 aromatic heterocycles. The molecule has 0 spiro atoms. The van der Waals surface area contributed by atoms with E-state index < -0.39 is 0 Å². The first-order chi connectivity index (χ1) is 8.16. The lowest BCUT2D eigenvalue weighted by atomic mass is 10.0. The number of benzene rings is 1. The Morgan fingerprint density at radius 3 is 3.00 bits per heavy atom. The van der Waals surface area contributed by atoms with E-state index in [-0.39, 0.29) is 18.1 Å². The number of esters is 1. The minimum atomic E-state index is -0.277. The van der Waals surface area contributed by atoms with Gasteiger partial charge in [0.1, 0.15) is 0 Å². The highest BCUT2D eigenvalue weighted by Crippen LogP contribution is 2.22. The van der Waals surface area contributed by atoms with Gasteiger partial charge in [0.05, 0.1) is 24.3 Å². The van der Waals surface area contributed by atoms with Gasteiger partial charge in [0.2, 0.25) is 0 Å². The van der Waals surface area contributed by atoms with E-state index in [0.29, 0.717) is 12.2 Å². The van der Waals surface area contributed by atoms with Crippen LogP contribution in [0.3, 0.4) is 0 Å². The third kappa shape index (κ3) is 3.05. The Bertz CT molecular complexity index is 397. The third-order valence-corrected chi connectivity index (χ3v) is 2.60. The second kappa shape index (κ2) is 5.29. The summed E-state index contributed by atoms with van der Waals surface area (Å²) >= 11 is 0. The van der Waals surface area contributed by atoms with E-state index in [2.05, 4.69) is 5.48 Å². The van der Waals surface area contributed by atoms with E-state index in [0.717, 1.165) is 12.0 Å². The zero-order valence-electron chi connectivity index (χ0n) is 10.1. The van der Waals surface area contributed by atoms with Gasteiger partial charge in [-0.25, -0.2) is 4.79 Å². The monoisotopic (exact) mass is 235 g/mol. The topological polar surface area (TPSA) is 47.6 Å². The summed E-state index contributed by atoms with van der Waals surface area (Å²) < 4.78 is 5.16. The molecule has 0 unspecified atom stereocenters. The van der Waals surface area contributed by atoms with Crippen LogP contribution in [0.25, 0.3) is 0 Å². The average Bonchev–Trinajstić information content (AvgIpc) is 2.82. The van der Waals surface area contributed by atoms with Crippen LogP contribution in [0.1, 0.15) is 42.2 Å². The van der Waals surface area contributed by atoms with E-state index in [4.69, 9.17) is 9.57 Å². The van der Waals surface area contributed by atoms with Crippen molar-refractivity contribution in [1.29, 1.82) is 0 Å². The van der Waals surface area contributed by atoms with Gasteiger partial charge in [0.25, 0.3) is 0 Å². The number of ether oxygens (including phenoxy) is 1. The molecule has 4 heteroatoms. The molecule has 1 aliphatic rings. The summed E-state index contributed by atoms with van der Waals surface area (Å²) in [5.74, 6) is -0.277. The molecule has 92 valence electrons. The van der Waals surface area contributed by atoms with Gasteiger partial charge in [-0.05, 0) is 38.0 Å². The van der Waals surface area contributed by atoms with Crippen molar-refractivity contribution in [2.75, 3.05) is 6.61 Å². The zero-order chi connectivity index (χ0) is 12.3. The van der Waals surface area contributed by atoms with Crippen LogP contribution >= 0.6 is 0 Å². The lowest BCUT2D eigenvalue weighted by molar-refractivity contribution is 0.0377. The molecule has 0 radical (unpaired) electrons. The minimum absolute atomic E-state index is 0.0981. The highest BCUT2D eigenvalue weighted by atomic mass is 16.7. The van der Waals surface area contributed by atoms with E-state index in [1.54, 1.807) is 6.07 Å². The van der Waals surface area contributed by atoms with Gasteiger partial charge in [-0.15, -0.1) is 0 Å². The summed E-state index contributed by atoms with van der Waals surface area (Å²) in [6.45, 7) is 4.38. The van der Waals surface area contributed by atoms with Gasteiger partial charge in [-0.2, -0.15) is 5.48 Å². The van der Waals surface area contributed by atoms with Crippen LogP contribution in [0.4, 0.5) is 0 Å². The van der Waals surface area contributed by atoms with Gasteiger partial charge in [-0.3, -0.25) is 0 Å². The molecule has 0 amide bonds. The highest BCUT2D eigenvalue weighted by molar-refractivity contribution is 5.89. The van der Waals surface area contributed by atoms with Gasteiger partial charge < -0.3 is 9.57 Å². The second-order valence-electron chi connectivity index (χ2n) is 4.39. The lowest BCUT2D eigenvalue weighted by Gasteiger charge is -2.11. The first kappa shape index (κ1) is 12.1. The van der Waals surface area contributed by atoms with E-state index >= 15 is 0 Å². The fraction of sp³-hybridized carbons (Fsp3) is 0.462. The van der Waals surface area contributed by atoms with Crippen molar-refractivity contribution in [3.8, 4) is 0 Å². The number of carbonyl (C=O) groups is 1. The maximum absolute atomic E-state index is 11.7. The molecule has 2 rings (SSSR count). The number of rotatable bonds is 3. The van der Waals surface area contributed by atoms with Crippen molar-refractivity contribution in [2.24, 2.45) is 0 Å². The Kier molecular flexibility index (Phi) is 3.76. The summed E-state index contributed by atoms with van der Waals surface area (Å²) in [6, 6.07) is 7.65. The molecule has 1 aliphatic heterocycles. The van der Waals surface area contributed by atoms with Crippen molar-refractivity contribution in [3.63, 3.8) is 0 Å². The average molecular weight is 235 g/mol. The summed E-state index contributed by atoms with van der Waals surface area (Å²) in [6.07, 6.45) is 0.821. The first-order valence-electron chi connectivity index (χ1n) is 5.85. The van der Waals surface area contributed by atoms with Crippen LogP contribution in [-0.2, 0) is 9.57 Å². The molecule has 1 N–H and O–H groups in total. The lowest BCUT2D eigenvalue weighted by Crippen LogP contribution is -2.14. The number of hydrogen-bond donors (Lipinski definition) is 1. The summed E-state index contributed by atoms with van der Waals surface area (Å²) in [5.41, 5.74) is 4.57. The fourth-order valence-corrected chi connectivity index (χ4v) is 1.79. The molecule has 0 bridgehead atoms. The Balaban J connectivity index is 2.13. The van der Waals surface area contributed by atoms with Gasteiger partial charge in [-0.1, -0.05) is 12.1 Å². The van der Waals surface area contributed by atoms with Crippen LogP contribution < -0.4 is 5.48 Å². The number of carbonyl (C=O) groups excluding carboxylic acids is 1. The van der Waals surface area contributed by atoms with Crippen molar-refractivity contribution in [1.82, 2.24) is 5.48 Å². The largest absolute Gasteiger partial charge is 0.459 e. The van der Waals surface area contributed by atoms with Crippen LogP contribution in [0, 0.1) is 0 Å². The van der Waals surface area contributed by atoms with Crippen molar-refractivity contribution < 1.29 is 14.4 Å². The molecule has 1 fully saturated rings. The molecule has 0 saturated carbocycles. The summed E-state index contributed by atoms with van der Waals surface area (Å²) in [7, 11) is 0. The Hall–Kier alpha value is -1.39. The van der Waals surface area contributed by atoms with Gasteiger partial charge >= 0.3 is 5.97 Å². The second-order valence-corrected chi connectivity index (χ2v) is 4.39. The van der Waals surface area contributed by atoms with Gasteiger partial charge in [0.15, 0.2) is 0 Å². The van der Waals surface area contributed by atoms with Crippen LogP contribution in [0.2, 0.25) is 0 Å². The summed E-state index contributed by atoms with van der Waals surface area (Å²) in [4.78, 5) is 16.9. The molecule has 4 nitrogen and oxygen atoms in total. The SMILES string of the molecule is CC(C)OC(=O)c1cccc([C@H]2CCON2)c1. The molecule has 1 aromatic carbocycles. The van der Waals surface area contributed by atoms with Crippen molar-refractivity contribution in [3.05, 3.63) is 35.4 Å². The predicted molar refractivity (Wildman–Crippen MR) is 63.4 cm³/mol. The molecular weight excluding hydrogens is 218 g/mol. The van der Waals surface area contributed by atoms with Gasteiger partial charge in [0, 0.05) is 0 Å². The maximum atomic E-state index is 11.7. The van der Waals surface area contributed by atoms with Crippen LogP contribution in [0.5, 0.6) is 0 Å². The molecular formula is C13H17NO3. The summed E-state index contributed by atoms with van der Waals surface area (Å²) in [5, 5.41) is 0. The fourth-order valence-electron chi connectivity index (χ4n) is 1.79. The number of hydroxylamine groups is 1. The highest BCUT2D eigenvalue weighted by Gasteiger charge is 2.18. The standard InChI is InChI=1S/C13H17NO3/c1-9(2)17-13(15)11-5-3-4-10(8-11)12-6-7-16-14-12/h3-5,8-9,12,14H,6-7H2,1-2H3/t12-/m1/s1. The third-order valence-electron chi connectivity index (χ3n) is 2.60. The molecule has 1 heterocycles. The van der Waals surface area contributed by atoms with Crippen LogP contribution in [-0.4, -0.2) is 18.7 Å². The molecule has 1 atom stereocenters. The Morgan fingerprint density at radius 1 is 1.53 bits per heavy atom. The normalized spacial score (nSPS) is 19.6. The molecule has 1 saturated heterocycles. The zero-order valence-corrected chi connectivity index (χ0v) is 10.1. The molecule has 1 aromatic rings. The molecule has 17 heavy (non-hydrogen) atoms. The Morgan fingerprint density at radius 2 is 2.35 bits per heavy atom. The smallest absolute Gasteiger partial charge is 0.338 e. The van der Waals surface area contributed by atoms with Crippen molar-refractivity contribution in [2.45, 2.75) is 32.4 Å². The van der Waals surface area contributed by atoms with Crippen molar-refractivity contribution >= 4 is 5.97 Å². The molecule has 0 aliphatic carbocycles. The minimum Gasteiger partial charge on any atom is -0.459 e.